The average molecular weight is 379 g/mol. The number of carbonyl (C=O) groups excluding carboxylic acids is 1. The Balaban J connectivity index is 1.98. The van der Waals surface area contributed by atoms with E-state index in [9.17, 15) is 4.79 Å². The second kappa shape index (κ2) is 9.06. The lowest BCUT2D eigenvalue weighted by Crippen LogP contribution is -2.19. The third kappa shape index (κ3) is 5.90. The Hall–Kier alpha value is -1.79. The van der Waals surface area contributed by atoms with Crippen LogP contribution >= 0.6 is 23.4 Å². The van der Waals surface area contributed by atoms with Gasteiger partial charge in [0.25, 0.3) is 0 Å². The van der Waals surface area contributed by atoms with Gasteiger partial charge in [-0.3, -0.25) is 4.79 Å². The SMILES string of the molecule is CCCN(C)c1cc(Cl)nc(SCC(=O)Nc2ccc(C)c(C)c2)n1. The molecule has 1 aromatic carbocycles. The summed E-state index contributed by atoms with van der Waals surface area (Å²) in [6, 6.07) is 7.59. The summed E-state index contributed by atoms with van der Waals surface area (Å²) in [6.07, 6.45) is 1.01. The molecule has 7 heteroatoms. The van der Waals surface area contributed by atoms with Gasteiger partial charge in [0.05, 0.1) is 5.75 Å². The van der Waals surface area contributed by atoms with E-state index in [2.05, 4.69) is 22.2 Å². The summed E-state index contributed by atoms with van der Waals surface area (Å²) in [6.45, 7) is 7.05. The van der Waals surface area contributed by atoms with E-state index in [1.807, 2.05) is 44.0 Å². The highest BCUT2D eigenvalue weighted by Gasteiger charge is 2.10. The summed E-state index contributed by atoms with van der Waals surface area (Å²) in [5.74, 6) is 0.892. The molecule has 0 aliphatic carbocycles. The van der Waals surface area contributed by atoms with Crippen LogP contribution in [0.3, 0.4) is 0 Å². The average Bonchev–Trinajstić information content (AvgIpc) is 2.56. The molecule has 2 rings (SSSR count). The van der Waals surface area contributed by atoms with Gasteiger partial charge >= 0.3 is 0 Å². The van der Waals surface area contributed by atoms with Gasteiger partial charge in [-0.05, 0) is 43.5 Å². The maximum Gasteiger partial charge on any atom is 0.234 e. The molecule has 1 amide bonds. The fraction of sp³-hybridized carbons (Fsp3) is 0.389. The van der Waals surface area contributed by atoms with E-state index in [-0.39, 0.29) is 11.7 Å². The summed E-state index contributed by atoms with van der Waals surface area (Å²) in [4.78, 5) is 22.8. The van der Waals surface area contributed by atoms with Gasteiger partial charge < -0.3 is 10.2 Å². The molecule has 0 unspecified atom stereocenters. The van der Waals surface area contributed by atoms with Crippen molar-refractivity contribution in [3.05, 3.63) is 40.5 Å². The van der Waals surface area contributed by atoms with E-state index < -0.39 is 0 Å². The normalized spacial score (nSPS) is 10.6. The fourth-order valence-corrected chi connectivity index (χ4v) is 3.12. The van der Waals surface area contributed by atoms with Crippen LogP contribution in [0.15, 0.2) is 29.4 Å². The van der Waals surface area contributed by atoms with Crippen LogP contribution in [-0.2, 0) is 4.79 Å². The molecule has 0 bridgehead atoms. The molecule has 0 saturated carbocycles. The molecule has 0 saturated heterocycles. The molecule has 1 N–H and O–H groups in total. The van der Waals surface area contributed by atoms with Crippen LogP contribution in [0.25, 0.3) is 0 Å². The standard InChI is InChI=1S/C18H23ClN4OS/c1-5-8-23(4)16-10-15(19)21-18(22-16)25-11-17(24)20-14-7-6-12(2)13(3)9-14/h6-7,9-10H,5,8,11H2,1-4H3,(H,20,24). The van der Waals surface area contributed by atoms with Crippen molar-refractivity contribution in [2.75, 3.05) is 29.6 Å². The Bertz CT molecular complexity index is 754. The first-order chi connectivity index (χ1) is 11.9. The predicted molar refractivity (Wildman–Crippen MR) is 106 cm³/mol. The van der Waals surface area contributed by atoms with Gasteiger partial charge in [-0.2, -0.15) is 0 Å². The number of anilines is 2. The van der Waals surface area contributed by atoms with Gasteiger partial charge in [0.15, 0.2) is 5.16 Å². The second-order valence-electron chi connectivity index (χ2n) is 5.89. The lowest BCUT2D eigenvalue weighted by atomic mass is 10.1. The molecule has 1 aromatic heterocycles. The van der Waals surface area contributed by atoms with Crippen molar-refractivity contribution in [2.45, 2.75) is 32.3 Å². The van der Waals surface area contributed by atoms with Crippen molar-refractivity contribution in [1.82, 2.24) is 9.97 Å². The number of halogens is 1. The van der Waals surface area contributed by atoms with Crippen molar-refractivity contribution in [3.8, 4) is 0 Å². The Morgan fingerprint density at radius 1 is 1.24 bits per heavy atom. The quantitative estimate of drug-likeness (QED) is 0.441. The molecule has 0 atom stereocenters. The minimum atomic E-state index is -0.0970. The maximum atomic E-state index is 12.2. The van der Waals surface area contributed by atoms with Crippen molar-refractivity contribution in [2.24, 2.45) is 0 Å². The Labute approximate surface area is 158 Å². The van der Waals surface area contributed by atoms with Gasteiger partial charge in [0, 0.05) is 25.3 Å². The van der Waals surface area contributed by atoms with E-state index in [4.69, 9.17) is 11.6 Å². The Morgan fingerprint density at radius 2 is 2.00 bits per heavy atom. The van der Waals surface area contributed by atoms with Crippen LogP contribution in [0.2, 0.25) is 5.15 Å². The Morgan fingerprint density at radius 3 is 2.68 bits per heavy atom. The van der Waals surface area contributed by atoms with Crippen LogP contribution in [0, 0.1) is 13.8 Å². The minimum absolute atomic E-state index is 0.0970. The molecule has 25 heavy (non-hydrogen) atoms. The summed E-state index contributed by atoms with van der Waals surface area (Å²) in [7, 11) is 1.96. The zero-order valence-electron chi connectivity index (χ0n) is 15.0. The summed E-state index contributed by atoms with van der Waals surface area (Å²) < 4.78 is 0. The molecular formula is C18H23ClN4OS. The first-order valence-corrected chi connectivity index (χ1v) is 9.51. The lowest BCUT2D eigenvalue weighted by molar-refractivity contribution is -0.113. The predicted octanol–water partition coefficient (Wildman–Crippen LogP) is 4.32. The first-order valence-electron chi connectivity index (χ1n) is 8.14. The number of nitrogens with zero attached hydrogens (tertiary/aromatic N) is 3. The zero-order valence-corrected chi connectivity index (χ0v) is 16.5. The van der Waals surface area contributed by atoms with Gasteiger partial charge in [-0.1, -0.05) is 36.4 Å². The van der Waals surface area contributed by atoms with Crippen LogP contribution in [0.1, 0.15) is 24.5 Å². The fourth-order valence-electron chi connectivity index (χ4n) is 2.24. The number of benzene rings is 1. The molecule has 0 radical (unpaired) electrons. The summed E-state index contributed by atoms with van der Waals surface area (Å²) in [5, 5.41) is 3.77. The summed E-state index contributed by atoms with van der Waals surface area (Å²) >= 11 is 7.35. The summed E-state index contributed by atoms with van der Waals surface area (Å²) in [5.41, 5.74) is 3.14. The van der Waals surface area contributed by atoms with E-state index in [0.717, 1.165) is 30.0 Å². The number of thioether (sulfide) groups is 1. The lowest BCUT2D eigenvalue weighted by Gasteiger charge is -2.17. The molecule has 1 heterocycles. The highest BCUT2D eigenvalue weighted by molar-refractivity contribution is 7.99. The number of amides is 1. The number of aryl methyl sites for hydroxylation is 2. The van der Waals surface area contributed by atoms with Crippen LogP contribution in [0.5, 0.6) is 0 Å². The van der Waals surface area contributed by atoms with E-state index >= 15 is 0 Å². The van der Waals surface area contributed by atoms with Crippen molar-refractivity contribution in [1.29, 1.82) is 0 Å². The molecule has 0 aliphatic heterocycles. The molecular weight excluding hydrogens is 356 g/mol. The van der Waals surface area contributed by atoms with E-state index in [1.54, 1.807) is 6.07 Å². The number of hydrogen-bond donors (Lipinski definition) is 1. The zero-order chi connectivity index (χ0) is 18.4. The topological polar surface area (TPSA) is 58.1 Å². The second-order valence-corrected chi connectivity index (χ2v) is 7.22. The van der Waals surface area contributed by atoms with Crippen molar-refractivity contribution < 1.29 is 4.79 Å². The van der Waals surface area contributed by atoms with Crippen LogP contribution in [0.4, 0.5) is 11.5 Å². The maximum absolute atomic E-state index is 12.2. The highest BCUT2D eigenvalue weighted by Crippen LogP contribution is 2.22. The van der Waals surface area contributed by atoms with Gasteiger partial charge in [-0.15, -0.1) is 0 Å². The number of hydrogen-bond acceptors (Lipinski definition) is 5. The van der Waals surface area contributed by atoms with E-state index in [0.29, 0.717) is 10.3 Å². The third-order valence-electron chi connectivity index (χ3n) is 3.73. The van der Waals surface area contributed by atoms with Gasteiger partial charge in [-0.25, -0.2) is 9.97 Å². The number of nitrogens with one attached hydrogen (secondary N) is 1. The number of aromatic nitrogens is 2. The largest absolute Gasteiger partial charge is 0.360 e. The van der Waals surface area contributed by atoms with E-state index in [1.165, 1.54) is 17.3 Å². The van der Waals surface area contributed by atoms with Gasteiger partial charge in [0.1, 0.15) is 11.0 Å². The van der Waals surface area contributed by atoms with Crippen LogP contribution < -0.4 is 10.2 Å². The molecule has 0 fully saturated rings. The Kier molecular flexibility index (Phi) is 7.08. The number of carbonyl (C=O) groups is 1. The monoisotopic (exact) mass is 378 g/mol. The molecule has 0 spiro atoms. The molecule has 134 valence electrons. The minimum Gasteiger partial charge on any atom is -0.360 e. The molecule has 5 nitrogen and oxygen atoms in total. The third-order valence-corrected chi connectivity index (χ3v) is 4.77. The molecule has 2 aromatic rings. The van der Waals surface area contributed by atoms with Crippen LogP contribution in [-0.4, -0.2) is 35.2 Å². The van der Waals surface area contributed by atoms with Gasteiger partial charge in [0.2, 0.25) is 5.91 Å². The number of rotatable bonds is 7. The first kappa shape index (κ1) is 19.5. The smallest absolute Gasteiger partial charge is 0.234 e. The van der Waals surface area contributed by atoms with Crippen molar-refractivity contribution >= 4 is 40.8 Å². The molecule has 0 aliphatic rings. The highest BCUT2D eigenvalue weighted by atomic mass is 35.5. The van der Waals surface area contributed by atoms with Crippen molar-refractivity contribution in [3.63, 3.8) is 0 Å².